The van der Waals surface area contributed by atoms with E-state index in [9.17, 15) is 9.59 Å². The Morgan fingerprint density at radius 1 is 1.16 bits per heavy atom. The van der Waals surface area contributed by atoms with Gasteiger partial charge in [-0.2, -0.15) is 0 Å². The Morgan fingerprint density at radius 2 is 1.90 bits per heavy atom. The molecule has 1 N–H and O–H groups in total. The third-order valence-corrected chi connectivity index (χ3v) is 6.64. The largest absolute Gasteiger partial charge is 0.489 e. The summed E-state index contributed by atoms with van der Waals surface area (Å²) < 4.78 is 7.26. The van der Waals surface area contributed by atoms with E-state index in [1.807, 2.05) is 47.8 Å². The molecule has 0 fully saturated rings. The van der Waals surface area contributed by atoms with Crippen LogP contribution in [0.2, 0.25) is 0 Å². The number of benzene rings is 2. The zero-order valence-electron chi connectivity index (χ0n) is 17.1. The van der Waals surface area contributed by atoms with Crippen LogP contribution in [-0.2, 0) is 18.4 Å². The van der Waals surface area contributed by atoms with E-state index in [0.29, 0.717) is 27.7 Å². The van der Waals surface area contributed by atoms with E-state index in [1.165, 1.54) is 27.7 Å². The van der Waals surface area contributed by atoms with Crippen LogP contribution < -0.4 is 15.6 Å². The number of amides is 1. The number of hydrogen-bond donors (Lipinski definition) is 1. The summed E-state index contributed by atoms with van der Waals surface area (Å²) in [6.45, 7) is 2.28. The van der Waals surface area contributed by atoms with Gasteiger partial charge >= 0.3 is 0 Å². The monoisotopic (exact) mass is 451 g/mol. The number of carbonyl (C=O) groups is 1. The predicted molar refractivity (Wildman–Crippen MR) is 126 cm³/mol. The molecule has 1 amide bonds. The SMILES string of the molecule is CC(Sc1nc2sccc2c(=O)n1C)C(=O)Nc1ccc(OCc2ccccc2)cc1. The van der Waals surface area contributed by atoms with Crippen molar-refractivity contribution in [1.29, 1.82) is 0 Å². The van der Waals surface area contributed by atoms with E-state index in [-0.39, 0.29) is 11.5 Å². The van der Waals surface area contributed by atoms with Crippen molar-refractivity contribution >= 4 is 44.9 Å². The van der Waals surface area contributed by atoms with Crippen molar-refractivity contribution < 1.29 is 9.53 Å². The van der Waals surface area contributed by atoms with E-state index in [4.69, 9.17) is 4.74 Å². The predicted octanol–water partition coefficient (Wildman–Crippen LogP) is 4.69. The highest BCUT2D eigenvalue weighted by atomic mass is 32.2. The molecule has 8 heteroatoms. The lowest BCUT2D eigenvalue weighted by Crippen LogP contribution is -2.25. The molecule has 0 aliphatic heterocycles. The van der Waals surface area contributed by atoms with Gasteiger partial charge < -0.3 is 10.1 Å². The minimum Gasteiger partial charge on any atom is -0.489 e. The van der Waals surface area contributed by atoms with Gasteiger partial charge in [0, 0.05) is 12.7 Å². The fourth-order valence-electron chi connectivity index (χ4n) is 2.92. The molecule has 6 nitrogen and oxygen atoms in total. The molecule has 0 saturated heterocycles. The van der Waals surface area contributed by atoms with Gasteiger partial charge in [-0.25, -0.2) is 4.98 Å². The van der Waals surface area contributed by atoms with Crippen LogP contribution in [0.25, 0.3) is 10.2 Å². The summed E-state index contributed by atoms with van der Waals surface area (Å²) in [5, 5.41) is 5.44. The van der Waals surface area contributed by atoms with Gasteiger partial charge in [0.1, 0.15) is 17.2 Å². The van der Waals surface area contributed by atoms with Gasteiger partial charge in [0.05, 0.1) is 10.6 Å². The molecule has 0 radical (unpaired) electrons. The molecule has 1 unspecified atom stereocenters. The zero-order chi connectivity index (χ0) is 21.8. The third-order valence-electron chi connectivity index (χ3n) is 4.69. The number of nitrogens with zero attached hydrogens (tertiary/aromatic N) is 2. The average molecular weight is 452 g/mol. The van der Waals surface area contributed by atoms with Crippen molar-refractivity contribution in [1.82, 2.24) is 9.55 Å². The molecule has 0 bridgehead atoms. The number of thiophene rings is 1. The topological polar surface area (TPSA) is 73.2 Å². The minimum atomic E-state index is -0.426. The summed E-state index contributed by atoms with van der Waals surface area (Å²) in [6, 6.07) is 19.0. The van der Waals surface area contributed by atoms with Crippen molar-refractivity contribution in [2.24, 2.45) is 7.05 Å². The molecular weight excluding hydrogens is 430 g/mol. The first-order chi connectivity index (χ1) is 15.0. The second kappa shape index (κ2) is 9.36. The van der Waals surface area contributed by atoms with E-state index < -0.39 is 5.25 Å². The molecule has 2 heterocycles. The van der Waals surface area contributed by atoms with Gasteiger partial charge in [-0.1, -0.05) is 42.1 Å². The average Bonchev–Trinajstić information content (AvgIpc) is 3.26. The van der Waals surface area contributed by atoms with Crippen LogP contribution in [-0.4, -0.2) is 20.7 Å². The molecule has 31 heavy (non-hydrogen) atoms. The molecule has 0 saturated carbocycles. The molecular formula is C23H21N3O3S2. The first kappa shape index (κ1) is 21.1. The highest BCUT2D eigenvalue weighted by molar-refractivity contribution is 8.00. The van der Waals surface area contributed by atoms with Crippen LogP contribution in [0, 0.1) is 0 Å². The summed E-state index contributed by atoms with van der Waals surface area (Å²) in [5.74, 6) is 0.566. The number of thioether (sulfide) groups is 1. The first-order valence-corrected chi connectivity index (χ1v) is 11.5. The number of anilines is 1. The Labute approximate surface area is 187 Å². The van der Waals surface area contributed by atoms with Gasteiger partial charge in [0.2, 0.25) is 5.91 Å². The lowest BCUT2D eigenvalue weighted by molar-refractivity contribution is -0.115. The highest BCUT2D eigenvalue weighted by Crippen LogP contribution is 2.25. The molecule has 0 aliphatic rings. The van der Waals surface area contributed by atoms with Crippen molar-refractivity contribution in [3.8, 4) is 5.75 Å². The Hall–Kier alpha value is -3.10. The third kappa shape index (κ3) is 4.98. The maximum Gasteiger partial charge on any atom is 0.262 e. The van der Waals surface area contributed by atoms with E-state index in [1.54, 1.807) is 32.2 Å². The first-order valence-electron chi connectivity index (χ1n) is 9.70. The summed E-state index contributed by atoms with van der Waals surface area (Å²) in [4.78, 5) is 30.3. The van der Waals surface area contributed by atoms with Gasteiger partial charge in [-0.05, 0) is 48.2 Å². The van der Waals surface area contributed by atoms with Crippen LogP contribution in [0.3, 0.4) is 0 Å². The van der Waals surface area contributed by atoms with Crippen molar-refractivity contribution in [2.75, 3.05) is 5.32 Å². The number of nitrogens with one attached hydrogen (secondary N) is 1. The number of carbonyl (C=O) groups excluding carboxylic acids is 1. The van der Waals surface area contributed by atoms with Crippen LogP contribution in [0.5, 0.6) is 5.75 Å². The second-order valence-corrected chi connectivity index (χ2v) is 9.15. The summed E-state index contributed by atoms with van der Waals surface area (Å²) in [6.07, 6.45) is 0. The smallest absolute Gasteiger partial charge is 0.262 e. The second-order valence-electron chi connectivity index (χ2n) is 6.95. The molecule has 4 rings (SSSR count). The standard InChI is InChI=1S/C23H21N3O3S2/c1-15(31-23-25-21-19(12-13-30-21)22(28)26(23)2)20(27)24-17-8-10-18(11-9-17)29-14-16-6-4-3-5-7-16/h3-13,15H,14H2,1-2H3,(H,24,27). The van der Waals surface area contributed by atoms with Gasteiger partial charge in [-0.3, -0.25) is 14.2 Å². The highest BCUT2D eigenvalue weighted by Gasteiger charge is 2.19. The van der Waals surface area contributed by atoms with E-state index in [0.717, 1.165) is 11.3 Å². The molecule has 1 atom stereocenters. The molecule has 0 spiro atoms. The van der Waals surface area contributed by atoms with Gasteiger partial charge in [-0.15, -0.1) is 11.3 Å². The molecule has 4 aromatic rings. The number of ether oxygens (including phenoxy) is 1. The summed E-state index contributed by atoms with van der Waals surface area (Å²) in [7, 11) is 1.67. The number of hydrogen-bond acceptors (Lipinski definition) is 6. The summed E-state index contributed by atoms with van der Waals surface area (Å²) >= 11 is 2.68. The lowest BCUT2D eigenvalue weighted by Gasteiger charge is -2.14. The van der Waals surface area contributed by atoms with E-state index in [2.05, 4.69) is 10.3 Å². The fraction of sp³-hybridized carbons (Fsp3) is 0.174. The fourth-order valence-corrected chi connectivity index (χ4v) is 4.60. The van der Waals surface area contributed by atoms with Crippen LogP contribution >= 0.6 is 23.1 Å². The lowest BCUT2D eigenvalue weighted by atomic mass is 10.2. The van der Waals surface area contributed by atoms with E-state index >= 15 is 0 Å². The zero-order valence-corrected chi connectivity index (χ0v) is 18.7. The van der Waals surface area contributed by atoms with Crippen LogP contribution in [0.4, 0.5) is 5.69 Å². The van der Waals surface area contributed by atoms with Crippen molar-refractivity contribution in [3.63, 3.8) is 0 Å². The Balaban J connectivity index is 1.36. The van der Waals surface area contributed by atoms with Crippen LogP contribution in [0.1, 0.15) is 12.5 Å². The Morgan fingerprint density at radius 3 is 2.65 bits per heavy atom. The van der Waals surface area contributed by atoms with Crippen LogP contribution in [0.15, 0.2) is 76.0 Å². The maximum absolute atomic E-state index is 12.6. The summed E-state index contributed by atoms with van der Waals surface area (Å²) in [5.41, 5.74) is 1.67. The number of rotatable bonds is 7. The maximum atomic E-state index is 12.6. The minimum absolute atomic E-state index is 0.104. The normalized spacial score (nSPS) is 11.9. The quantitative estimate of drug-likeness (QED) is 0.326. The number of aromatic nitrogens is 2. The van der Waals surface area contributed by atoms with Gasteiger partial charge in [0.25, 0.3) is 5.56 Å². The van der Waals surface area contributed by atoms with Gasteiger partial charge in [0.15, 0.2) is 5.16 Å². The number of fused-ring (bicyclic) bond motifs is 1. The molecule has 2 aromatic carbocycles. The Bertz CT molecular complexity index is 1250. The van der Waals surface area contributed by atoms with Crippen molar-refractivity contribution in [3.05, 3.63) is 82.0 Å². The Kier molecular flexibility index (Phi) is 6.39. The molecule has 0 aliphatic carbocycles. The molecule has 158 valence electrons. The molecule has 2 aromatic heterocycles. The van der Waals surface area contributed by atoms with Crippen molar-refractivity contribution in [2.45, 2.75) is 23.9 Å².